The Morgan fingerprint density at radius 1 is 1.06 bits per heavy atom. The molecule has 0 unspecified atom stereocenters. The summed E-state index contributed by atoms with van der Waals surface area (Å²) < 4.78 is 33.3. The number of anilines is 1. The van der Waals surface area contributed by atoms with Gasteiger partial charge in [0.1, 0.15) is 10.6 Å². The van der Waals surface area contributed by atoms with E-state index in [9.17, 15) is 18.0 Å². The van der Waals surface area contributed by atoms with Crippen LogP contribution in [0.5, 0.6) is 0 Å². The Bertz CT molecular complexity index is 1070. The molecule has 1 amide bonds. The third-order valence-corrected chi connectivity index (χ3v) is 7.52. The van der Waals surface area contributed by atoms with Crippen LogP contribution in [0.2, 0.25) is 0 Å². The second-order valence-corrected chi connectivity index (χ2v) is 10.4. The number of aryl methyl sites for hydroxylation is 1. The fourth-order valence-corrected chi connectivity index (χ4v) is 5.20. The normalized spacial score (nSPS) is 11.9. The van der Waals surface area contributed by atoms with Crippen molar-refractivity contribution < 1.29 is 22.7 Å². The molecule has 33 heavy (non-hydrogen) atoms. The van der Waals surface area contributed by atoms with Crippen molar-refractivity contribution in [3.63, 3.8) is 0 Å². The van der Waals surface area contributed by atoms with Crippen molar-refractivity contribution in [2.75, 3.05) is 25.0 Å². The summed E-state index contributed by atoms with van der Waals surface area (Å²) in [6.45, 7) is 11.9. The Labute approximate surface area is 197 Å². The maximum atomic E-state index is 12.7. The summed E-state index contributed by atoms with van der Waals surface area (Å²) in [5.41, 5.74) is 2.82. The number of carbonyl (C=O) groups excluding carboxylic acids is 2. The Morgan fingerprint density at radius 2 is 1.61 bits per heavy atom. The number of ether oxygens (including phenoxy) is 1. The van der Waals surface area contributed by atoms with Crippen LogP contribution in [0, 0.1) is 0 Å². The Morgan fingerprint density at radius 3 is 2.09 bits per heavy atom. The highest BCUT2D eigenvalue weighted by Gasteiger charge is 2.26. The van der Waals surface area contributed by atoms with E-state index in [1.54, 1.807) is 20.9 Å². The van der Waals surface area contributed by atoms with E-state index in [1.165, 1.54) is 21.1 Å². The first-order valence-corrected chi connectivity index (χ1v) is 12.6. The van der Waals surface area contributed by atoms with E-state index in [0.29, 0.717) is 13.1 Å². The highest BCUT2D eigenvalue weighted by atomic mass is 32.2. The molecule has 0 aliphatic carbocycles. The molecule has 0 saturated heterocycles. The van der Waals surface area contributed by atoms with Gasteiger partial charge in [0.05, 0.1) is 0 Å². The van der Waals surface area contributed by atoms with Crippen LogP contribution in [0.4, 0.5) is 5.69 Å². The first-order valence-electron chi connectivity index (χ1n) is 11.2. The van der Waals surface area contributed by atoms with Crippen molar-refractivity contribution in [3.8, 4) is 0 Å². The smallest absolute Gasteiger partial charge is 0.355 e. The zero-order chi connectivity index (χ0) is 24.9. The summed E-state index contributed by atoms with van der Waals surface area (Å²) in [5.74, 6) is -0.814. The van der Waals surface area contributed by atoms with E-state index in [-0.39, 0.29) is 22.4 Å². The van der Waals surface area contributed by atoms with Crippen molar-refractivity contribution in [2.45, 2.75) is 58.3 Å². The molecule has 1 aromatic heterocycles. The fraction of sp³-hybridized carbons (Fsp3) is 0.500. The molecule has 2 aromatic rings. The van der Waals surface area contributed by atoms with Crippen LogP contribution in [0.1, 0.15) is 75.0 Å². The van der Waals surface area contributed by atoms with Crippen molar-refractivity contribution in [1.82, 2.24) is 8.87 Å². The molecule has 0 radical (unpaired) electrons. The van der Waals surface area contributed by atoms with Crippen molar-refractivity contribution in [3.05, 3.63) is 47.3 Å². The molecule has 2 rings (SSSR count). The summed E-state index contributed by atoms with van der Waals surface area (Å²) in [7, 11) is -2.15. The molecule has 0 aliphatic heterocycles. The zero-order valence-electron chi connectivity index (χ0n) is 20.5. The lowest BCUT2D eigenvalue weighted by Crippen LogP contribution is -2.30. The number of nitrogens with zero attached hydrogens (tertiary/aromatic N) is 2. The molecule has 182 valence electrons. The van der Waals surface area contributed by atoms with Gasteiger partial charge in [-0.05, 0) is 29.0 Å². The lowest BCUT2D eigenvalue weighted by Gasteiger charge is -2.20. The van der Waals surface area contributed by atoms with Gasteiger partial charge < -0.3 is 14.6 Å². The number of nitrogens with one attached hydrogen (secondary N) is 1. The van der Waals surface area contributed by atoms with Gasteiger partial charge in [0, 0.05) is 32.0 Å². The number of sulfonamides is 1. The zero-order valence-corrected chi connectivity index (χ0v) is 21.3. The number of aromatic nitrogens is 1. The van der Waals surface area contributed by atoms with Crippen LogP contribution in [0.15, 0.2) is 35.4 Å². The van der Waals surface area contributed by atoms with Crippen LogP contribution in [-0.4, -0.2) is 48.9 Å². The molecule has 1 N–H and O–H groups in total. The van der Waals surface area contributed by atoms with E-state index in [4.69, 9.17) is 4.74 Å². The van der Waals surface area contributed by atoms with E-state index in [2.05, 4.69) is 5.32 Å². The number of para-hydroxylation sites is 1. The monoisotopic (exact) mass is 477 g/mol. The molecule has 0 saturated carbocycles. The predicted molar refractivity (Wildman–Crippen MR) is 129 cm³/mol. The number of benzene rings is 1. The molecule has 9 heteroatoms. The van der Waals surface area contributed by atoms with Crippen molar-refractivity contribution >= 4 is 27.6 Å². The third kappa shape index (κ3) is 6.03. The number of amides is 1. The molecule has 0 spiro atoms. The van der Waals surface area contributed by atoms with Gasteiger partial charge in [0.15, 0.2) is 6.61 Å². The van der Waals surface area contributed by atoms with Crippen LogP contribution in [-0.2, 0) is 26.6 Å². The van der Waals surface area contributed by atoms with Crippen LogP contribution >= 0.6 is 0 Å². The average molecular weight is 478 g/mol. The van der Waals surface area contributed by atoms with Gasteiger partial charge in [-0.15, -0.1) is 0 Å². The number of esters is 1. The minimum atomic E-state index is -3.71. The first kappa shape index (κ1) is 26.6. The number of hydrogen-bond acceptors (Lipinski definition) is 5. The Hall–Kier alpha value is -2.65. The maximum Gasteiger partial charge on any atom is 0.355 e. The van der Waals surface area contributed by atoms with E-state index in [1.807, 2.05) is 45.9 Å². The lowest BCUT2D eigenvalue weighted by atomic mass is 9.92. The summed E-state index contributed by atoms with van der Waals surface area (Å²) in [5, 5.41) is 2.90. The molecule has 0 aliphatic rings. The molecule has 0 bridgehead atoms. The summed E-state index contributed by atoms with van der Waals surface area (Å²) in [6.07, 6.45) is 1.37. The minimum absolute atomic E-state index is 0.0116. The highest BCUT2D eigenvalue weighted by Crippen LogP contribution is 2.32. The van der Waals surface area contributed by atoms with Crippen molar-refractivity contribution in [2.24, 2.45) is 7.05 Å². The standard InChI is InChI=1S/C24H35N3O5S/c1-8-27(9-2)33(30,31)18-13-21(26(7)14-18)24(29)32-15-22(28)25-23-19(16(3)4)11-10-12-20(23)17(5)6/h10-14,16-17H,8-9,15H2,1-7H3,(H,25,28). The average Bonchev–Trinajstić information content (AvgIpc) is 3.15. The van der Waals surface area contributed by atoms with E-state index in [0.717, 1.165) is 16.8 Å². The maximum absolute atomic E-state index is 12.7. The van der Waals surface area contributed by atoms with Gasteiger partial charge in [-0.25, -0.2) is 13.2 Å². The molecule has 0 atom stereocenters. The fourth-order valence-electron chi connectivity index (χ4n) is 3.67. The van der Waals surface area contributed by atoms with Gasteiger partial charge in [-0.1, -0.05) is 59.7 Å². The molecule has 8 nitrogen and oxygen atoms in total. The van der Waals surface area contributed by atoms with E-state index < -0.39 is 28.5 Å². The predicted octanol–water partition coefficient (Wildman–Crippen LogP) is 4.10. The topological polar surface area (TPSA) is 97.7 Å². The summed E-state index contributed by atoms with van der Waals surface area (Å²) >= 11 is 0. The van der Waals surface area contributed by atoms with Gasteiger partial charge >= 0.3 is 5.97 Å². The van der Waals surface area contributed by atoms with Gasteiger partial charge in [-0.2, -0.15) is 4.31 Å². The molecule has 0 fully saturated rings. The number of carbonyl (C=O) groups is 2. The van der Waals surface area contributed by atoms with Crippen LogP contribution < -0.4 is 5.32 Å². The molecule has 1 heterocycles. The number of hydrogen-bond donors (Lipinski definition) is 1. The molecule has 1 aromatic carbocycles. The largest absolute Gasteiger partial charge is 0.451 e. The Kier molecular flexibility index (Phi) is 8.85. The number of rotatable bonds is 10. The molecular formula is C24H35N3O5S. The third-order valence-electron chi connectivity index (χ3n) is 5.50. The molecular weight excluding hydrogens is 442 g/mol. The minimum Gasteiger partial charge on any atom is -0.451 e. The summed E-state index contributed by atoms with van der Waals surface area (Å²) in [4.78, 5) is 25.2. The van der Waals surface area contributed by atoms with Crippen LogP contribution in [0.25, 0.3) is 0 Å². The quantitative estimate of drug-likeness (QED) is 0.520. The van der Waals surface area contributed by atoms with Gasteiger partial charge in [0.2, 0.25) is 10.0 Å². The second kappa shape index (κ2) is 11.0. The van der Waals surface area contributed by atoms with Crippen LogP contribution in [0.3, 0.4) is 0 Å². The van der Waals surface area contributed by atoms with Crippen molar-refractivity contribution in [1.29, 1.82) is 0 Å². The summed E-state index contributed by atoms with van der Waals surface area (Å²) in [6, 6.07) is 7.19. The SMILES string of the molecule is CCN(CC)S(=O)(=O)c1cc(C(=O)OCC(=O)Nc2c(C(C)C)cccc2C(C)C)n(C)c1. The lowest BCUT2D eigenvalue weighted by molar-refractivity contribution is -0.119. The van der Waals surface area contributed by atoms with Gasteiger partial charge in [-0.3, -0.25) is 4.79 Å². The second-order valence-electron chi connectivity index (χ2n) is 8.51. The Balaban J connectivity index is 2.16. The van der Waals surface area contributed by atoms with Gasteiger partial charge in [0.25, 0.3) is 5.91 Å². The first-order chi connectivity index (χ1) is 15.4. The highest BCUT2D eigenvalue weighted by molar-refractivity contribution is 7.89. The van der Waals surface area contributed by atoms with E-state index >= 15 is 0 Å².